The van der Waals surface area contributed by atoms with Gasteiger partial charge in [-0.05, 0) is 205 Å². The first-order valence-electron chi connectivity index (χ1n) is 26.8. The van der Waals surface area contributed by atoms with Crippen molar-refractivity contribution in [2.45, 2.75) is 134 Å². The summed E-state index contributed by atoms with van der Waals surface area (Å²) in [5.74, 6) is 0. The number of para-hydroxylation sites is 2. The van der Waals surface area contributed by atoms with Crippen molar-refractivity contribution < 1.29 is 0 Å². The first-order valence-corrected chi connectivity index (χ1v) is 26.8. The van der Waals surface area contributed by atoms with E-state index in [-0.39, 0.29) is 21.9 Å². The standard InChI is InChI=1S/C69H68N2/c1-45-47(3)63-61(65(5)37-21-23-39-67(65,7)70(63)53-29-17-11-18-30-53)43-57(45)49-33-35-55-56-36-34-50(42-60(56)69(59(55)41-49,51-25-13-9-14-26-51)52-27-15-10-16-28-52)58-44-62-64(48(4)46(58)2)71(54-31-19-12-20-32-54)68(8)40-24-22-38-66(62,68)6/h9-20,25-36,41-44H,21-24,37-40H2,1-8H3. The fourth-order valence-corrected chi connectivity index (χ4v) is 15.7. The molecule has 0 amide bonds. The molecule has 2 fully saturated rings. The third-order valence-electron chi connectivity index (χ3n) is 20.1. The van der Waals surface area contributed by atoms with Crippen LogP contribution in [0.15, 0.2) is 170 Å². The Labute approximate surface area is 423 Å². The zero-order chi connectivity index (χ0) is 48.7. The molecule has 0 bridgehead atoms. The van der Waals surface area contributed by atoms with E-state index in [2.05, 4.69) is 235 Å². The predicted octanol–water partition coefficient (Wildman–Crippen LogP) is 18.1. The molecule has 0 saturated heterocycles. The lowest BCUT2D eigenvalue weighted by atomic mass is 9.61. The van der Waals surface area contributed by atoms with Gasteiger partial charge in [0.2, 0.25) is 0 Å². The molecule has 3 aliphatic carbocycles. The maximum absolute atomic E-state index is 2.75. The molecule has 2 aliphatic heterocycles. The van der Waals surface area contributed by atoms with Gasteiger partial charge in [-0.3, -0.25) is 0 Å². The SMILES string of the molecule is Cc1c(-c2ccc3c(c2)C(c2ccccc2)(c2ccccc2)c2cc(-c4cc5c(c(C)c4C)N(c4ccccc4)C4(C)CCCCC54C)ccc2-3)cc2c(c1C)N(c1ccccc1)C1(C)CCCCC21C. The van der Waals surface area contributed by atoms with Crippen molar-refractivity contribution in [1.29, 1.82) is 0 Å². The van der Waals surface area contributed by atoms with E-state index < -0.39 is 5.41 Å². The van der Waals surface area contributed by atoms with E-state index in [0.29, 0.717) is 0 Å². The number of nitrogens with zero attached hydrogens (tertiary/aromatic N) is 2. The molecule has 4 atom stereocenters. The number of hydrogen-bond acceptors (Lipinski definition) is 2. The van der Waals surface area contributed by atoms with Crippen LogP contribution in [-0.4, -0.2) is 11.1 Å². The average molecular weight is 925 g/mol. The Balaban J connectivity index is 1.02. The van der Waals surface area contributed by atoms with Crippen molar-refractivity contribution in [2.75, 3.05) is 9.80 Å². The van der Waals surface area contributed by atoms with E-state index in [4.69, 9.17) is 0 Å². The van der Waals surface area contributed by atoms with E-state index in [1.165, 1.54) is 163 Å². The molecule has 354 valence electrons. The van der Waals surface area contributed by atoms with E-state index >= 15 is 0 Å². The van der Waals surface area contributed by atoms with Crippen LogP contribution in [-0.2, 0) is 16.2 Å². The second kappa shape index (κ2) is 15.7. The quantitative estimate of drug-likeness (QED) is 0.164. The highest BCUT2D eigenvalue weighted by atomic mass is 15.3. The molecule has 8 aromatic carbocycles. The second-order valence-electron chi connectivity index (χ2n) is 23.1. The maximum atomic E-state index is 2.75. The summed E-state index contributed by atoms with van der Waals surface area (Å²) in [5, 5.41) is 0. The minimum absolute atomic E-state index is 0.0113. The molecule has 2 nitrogen and oxygen atoms in total. The Morgan fingerprint density at radius 2 is 0.690 bits per heavy atom. The van der Waals surface area contributed by atoms with Crippen LogP contribution in [0.4, 0.5) is 22.7 Å². The topological polar surface area (TPSA) is 6.48 Å². The van der Waals surface area contributed by atoms with E-state index in [0.717, 1.165) is 0 Å². The number of anilines is 4. The molecule has 8 aromatic rings. The summed E-state index contributed by atoms with van der Waals surface area (Å²) in [6.07, 6.45) is 9.82. The molecule has 0 aromatic heterocycles. The highest BCUT2D eigenvalue weighted by Crippen LogP contribution is 2.65. The number of fused-ring (bicyclic) bond motifs is 9. The Hall–Kier alpha value is -6.64. The minimum atomic E-state index is -0.547. The third-order valence-corrected chi connectivity index (χ3v) is 20.1. The van der Waals surface area contributed by atoms with Gasteiger partial charge >= 0.3 is 0 Å². The molecular formula is C69H68N2. The van der Waals surface area contributed by atoms with E-state index in [1.54, 1.807) is 0 Å². The number of benzene rings is 8. The third kappa shape index (κ3) is 5.77. The summed E-state index contributed by atoms with van der Waals surface area (Å²) in [4.78, 5) is 5.50. The van der Waals surface area contributed by atoms with Crippen LogP contribution < -0.4 is 9.80 Å². The lowest BCUT2D eigenvalue weighted by Gasteiger charge is -2.50. The van der Waals surface area contributed by atoms with Crippen LogP contribution in [0.1, 0.15) is 135 Å². The van der Waals surface area contributed by atoms with Gasteiger partial charge in [0.15, 0.2) is 0 Å². The summed E-state index contributed by atoms with van der Waals surface area (Å²) < 4.78 is 0. The van der Waals surface area contributed by atoms with Gasteiger partial charge in [-0.15, -0.1) is 0 Å². The molecule has 0 N–H and O–H groups in total. The molecule has 2 heteroatoms. The summed E-state index contributed by atoms with van der Waals surface area (Å²) in [5.41, 5.74) is 26.8. The van der Waals surface area contributed by atoms with Gasteiger partial charge in [-0.25, -0.2) is 0 Å². The smallest absolute Gasteiger partial charge is 0.0713 e. The van der Waals surface area contributed by atoms with E-state index in [1.807, 2.05) is 0 Å². The molecule has 0 radical (unpaired) electrons. The molecule has 71 heavy (non-hydrogen) atoms. The van der Waals surface area contributed by atoms with Gasteiger partial charge in [-0.1, -0.05) is 161 Å². The zero-order valence-electron chi connectivity index (χ0n) is 43.2. The first kappa shape index (κ1) is 44.3. The summed E-state index contributed by atoms with van der Waals surface area (Å²) in [7, 11) is 0. The van der Waals surface area contributed by atoms with Crippen molar-refractivity contribution in [3.8, 4) is 33.4 Å². The van der Waals surface area contributed by atoms with Gasteiger partial charge in [-0.2, -0.15) is 0 Å². The largest absolute Gasteiger partial charge is 0.334 e. The van der Waals surface area contributed by atoms with Gasteiger partial charge < -0.3 is 9.80 Å². The Kier molecular flexibility index (Phi) is 9.79. The summed E-state index contributed by atoms with van der Waals surface area (Å²) in [6.45, 7) is 19.8. The molecular weight excluding hydrogens is 857 g/mol. The van der Waals surface area contributed by atoms with Gasteiger partial charge in [0.25, 0.3) is 0 Å². The lowest BCUT2D eigenvalue weighted by molar-refractivity contribution is 0.195. The van der Waals surface area contributed by atoms with Crippen LogP contribution in [0, 0.1) is 27.7 Å². The van der Waals surface area contributed by atoms with Gasteiger partial charge in [0.05, 0.1) is 16.5 Å². The van der Waals surface area contributed by atoms with Crippen molar-refractivity contribution in [2.24, 2.45) is 0 Å². The zero-order valence-corrected chi connectivity index (χ0v) is 43.2. The number of hydrogen-bond donors (Lipinski definition) is 0. The van der Waals surface area contributed by atoms with Crippen molar-refractivity contribution in [3.63, 3.8) is 0 Å². The monoisotopic (exact) mass is 925 g/mol. The van der Waals surface area contributed by atoms with Crippen LogP contribution in [0.5, 0.6) is 0 Å². The fourth-order valence-electron chi connectivity index (χ4n) is 15.7. The second-order valence-corrected chi connectivity index (χ2v) is 23.1. The maximum Gasteiger partial charge on any atom is 0.0713 e. The number of rotatable bonds is 6. The van der Waals surface area contributed by atoms with Crippen LogP contribution in [0.3, 0.4) is 0 Å². The predicted molar refractivity (Wildman–Crippen MR) is 299 cm³/mol. The lowest BCUT2D eigenvalue weighted by Crippen LogP contribution is -2.54. The minimum Gasteiger partial charge on any atom is -0.334 e. The molecule has 13 rings (SSSR count). The molecule has 4 unspecified atom stereocenters. The molecule has 2 heterocycles. The molecule has 5 aliphatic rings. The van der Waals surface area contributed by atoms with E-state index in [9.17, 15) is 0 Å². The Morgan fingerprint density at radius 1 is 0.338 bits per heavy atom. The average Bonchev–Trinajstić information content (AvgIpc) is 3.90. The first-order chi connectivity index (χ1) is 34.4. The molecule has 0 spiro atoms. The van der Waals surface area contributed by atoms with Gasteiger partial charge in [0, 0.05) is 33.6 Å². The van der Waals surface area contributed by atoms with Crippen molar-refractivity contribution >= 4 is 22.7 Å². The van der Waals surface area contributed by atoms with Crippen molar-refractivity contribution in [1.82, 2.24) is 0 Å². The highest BCUT2D eigenvalue weighted by molar-refractivity contribution is 5.93. The molecule has 2 saturated carbocycles. The fraction of sp³-hybridized carbons (Fsp3) is 0.304. The normalized spacial score (nSPS) is 24.5. The van der Waals surface area contributed by atoms with Crippen LogP contribution in [0.2, 0.25) is 0 Å². The Morgan fingerprint density at radius 3 is 1.07 bits per heavy atom. The highest BCUT2D eigenvalue weighted by Gasteiger charge is 2.60. The van der Waals surface area contributed by atoms with Crippen molar-refractivity contribution in [3.05, 3.63) is 225 Å². The summed E-state index contributed by atoms with van der Waals surface area (Å²) >= 11 is 0. The van der Waals surface area contributed by atoms with Crippen LogP contribution >= 0.6 is 0 Å². The van der Waals surface area contributed by atoms with Crippen LogP contribution in [0.25, 0.3) is 33.4 Å². The van der Waals surface area contributed by atoms with Gasteiger partial charge in [0.1, 0.15) is 0 Å². The Bertz CT molecular complexity index is 3200. The summed E-state index contributed by atoms with van der Waals surface area (Å²) in [6, 6.07) is 65.6.